The van der Waals surface area contributed by atoms with Crippen molar-refractivity contribution in [2.75, 3.05) is 6.54 Å². The van der Waals surface area contributed by atoms with Crippen molar-refractivity contribution in [3.8, 4) is 0 Å². The van der Waals surface area contributed by atoms with E-state index in [1.54, 1.807) is 13.8 Å². The van der Waals surface area contributed by atoms with Gasteiger partial charge in [0.25, 0.3) is 0 Å². The van der Waals surface area contributed by atoms with Crippen LogP contribution >= 0.6 is 0 Å². The summed E-state index contributed by atoms with van der Waals surface area (Å²) in [5.74, 6) is -3.77. The summed E-state index contributed by atoms with van der Waals surface area (Å²) in [5, 5.41) is 18.4. The number of rotatable bonds is 9. The normalized spacial score (nSPS) is 14.0. The van der Waals surface area contributed by atoms with E-state index in [0.29, 0.717) is 12.8 Å². The quantitative estimate of drug-likeness (QED) is 0.680. The molecule has 0 heterocycles. The highest BCUT2D eigenvalue weighted by atomic mass is 16.4. The smallest absolute Gasteiger partial charge is 0.326 e. The topological polar surface area (TPSA) is 94.9 Å². The molecule has 0 aromatic heterocycles. The van der Waals surface area contributed by atoms with Gasteiger partial charge in [-0.1, -0.05) is 34.6 Å². The highest BCUT2D eigenvalue weighted by Crippen LogP contribution is 2.20. The van der Waals surface area contributed by atoms with Crippen LogP contribution in [0.25, 0.3) is 0 Å². The highest BCUT2D eigenvalue weighted by molar-refractivity contribution is 5.85. The molecule has 0 rings (SSSR count). The number of aliphatic carboxylic acids is 2. The maximum Gasteiger partial charge on any atom is 0.326 e. The summed E-state index contributed by atoms with van der Waals surface area (Å²) in [6.45, 7) is 8.58. The molecule has 0 spiro atoms. The van der Waals surface area contributed by atoms with E-state index >= 15 is 0 Å². The number of amides is 1. The van der Waals surface area contributed by atoms with Gasteiger partial charge in [0, 0.05) is 12.5 Å². The second kappa shape index (κ2) is 8.64. The van der Waals surface area contributed by atoms with Gasteiger partial charge in [-0.2, -0.15) is 0 Å². The molecule has 0 saturated carbocycles. The van der Waals surface area contributed by atoms with Crippen molar-refractivity contribution < 1.29 is 24.6 Å². The zero-order chi connectivity index (χ0) is 16.7. The molecule has 122 valence electrons. The Morgan fingerprint density at radius 3 is 1.71 bits per heavy atom. The Labute approximate surface area is 126 Å². The molecule has 2 N–H and O–H groups in total. The summed E-state index contributed by atoms with van der Waals surface area (Å²) in [4.78, 5) is 36.4. The fourth-order valence-electron chi connectivity index (χ4n) is 2.36. The SMILES string of the molecule is CCC(CC)C(=O)N(CC(C)C(=O)O)C(C(=O)O)C(C)C. The van der Waals surface area contributed by atoms with Gasteiger partial charge < -0.3 is 15.1 Å². The van der Waals surface area contributed by atoms with Crippen molar-refractivity contribution in [1.82, 2.24) is 4.90 Å². The van der Waals surface area contributed by atoms with Crippen molar-refractivity contribution in [3.63, 3.8) is 0 Å². The molecule has 6 heteroatoms. The number of carbonyl (C=O) groups excluding carboxylic acids is 1. The minimum absolute atomic E-state index is 0.0835. The van der Waals surface area contributed by atoms with Gasteiger partial charge in [-0.15, -0.1) is 0 Å². The van der Waals surface area contributed by atoms with Gasteiger partial charge in [0.1, 0.15) is 6.04 Å². The van der Waals surface area contributed by atoms with Crippen LogP contribution in [0.3, 0.4) is 0 Å². The number of hydrogen-bond donors (Lipinski definition) is 2. The largest absolute Gasteiger partial charge is 0.481 e. The number of carboxylic acids is 2. The Balaban J connectivity index is 5.48. The van der Waals surface area contributed by atoms with Gasteiger partial charge in [0.15, 0.2) is 0 Å². The maximum absolute atomic E-state index is 12.6. The first kappa shape index (κ1) is 19.4. The lowest BCUT2D eigenvalue weighted by atomic mass is 9.95. The van der Waals surface area contributed by atoms with Gasteiger partial charge in [0.2, 0.25) is 5.91 Å². The predicted octanol–water partition coefficient (Wildman–Crippen LogP) is 2.08. The summed E-state index contributed by atoms with van der Waals surface area (Å²) < 4.78 is 0. The Morgan fingerprint density at radius 1 is 0.952 bits per heavy atom. The Kier molecular flexibility index (Phi) is 7.99. The number of carbonyl (C=O) groups is 3. The lowest BCUT2D eigenvalue weighted by molar-refractivity contribution is -0.157. The summed E-state index contributed by atoms with van der Waals surface area (Å²) >= 11 is 0. The first-order valence-corrected chi connectivity index (χ1v) is 7.43. The molecule has 0 aromatic rings. The van der Waals surface area contributed by atoms with Gasteiger partial charge in [-0.3, -0.25) is 9.59 Å². The van der Waals surface area contributed by atoms with E-state index in [4.69, 9.17) is 5.11 Å². The molecule has 0 radical (unpaired) electrons. The van der Waals surface area contributed by atoms with Crippen LogP contribution in [-0.4, -0.2) is 45.5 Å². The summed E-state index contributed by atoms with van der Waals surface area (Å²) in [6.07, 6.45) is 1.22. The molecule has 0 aliphatic rings. The van der Waals surface area contributed by atoms with Crippen LogP contribution < -0.4 is 0 Å². The molecule has 0 aliphatic carbocycles. The van der Waals surface area contributed by atoms with Crippen molar-refractivity contribution >= 4 is 17.8 Å². The molecule has 1 amide bonds. The average Bonchev–Trinajstić information content (AvgIpc) is 2.37. The lowest BCUT2D eigenvalue weighted by Gasteiger charge is -2.35. The zero-order valence-electron chi connectivity index (χ0n) is 13.5. The third-order valence-corrected chi connectivity index (χ3v) is 3.73. The second-order valence-electron chi connectivity index (χ2n) is 5.77. The Morgan fingerprint density at radius 2 is 1.43 bits per heavy atom. The van der Waals surface area contributed by atoms with Gasteiger partial charge in [0.05, 0.1) is 5.92 Å². The molecule has 21 heavy (non-hydrogen) atoms. The first-order chi connectivity index (χ1) is 9.67. The van der Waals surface area contributed by atoms with Crippen LogP contribution in [0.5, 0.6) is 0 Å². The van der Waals surface area contributed by atoms with E-state index in [-0.39, 0.29) is 24.3 Å². The van der Waals surface area contributed by atoms with Crippen LogP contribution in [-0.2, 0) is 14.4 Å². The van der Waals surface area contributed by atoms with Gasteiger partial charge >= 0.3 is 11.9 Å². The average molecular weight is 301 g/mol. The van der Waals surface area contributed by atoms with Gasteiger partial charge in [-0.25, -0.2) is 4.79 Å². The van der Waals surface area contributed by atoms with E-state index < -0.39 is 23.9 Å². The highest BCUT2D eigenvalue weighted by Gasteiger charge is 2.36. The molecule has 0 saturated heterocycles. The molecule has 0 aliphatic heterocycles. The molecular weight excluding hydrogens is 274 g/mol. The van der Waals surface area contributed by atoms with E-state index in [1.807, 2.05) is 13.8 Å². The van der Waals surface area contributed by atoms with Crippen molar-refractivity contribution in [1.29, 1.82) is 0 Å². The van der Waals surface area contributed by atoms with Crippen LogP contribution in [0, 0.1) is 17.8 Å². The summed E-state index contributed by atoms with van der Waals surface area (Å²) in [7, 11) is 0. The van der Waals surface area contributed by atoms with Crippen molar-refractivity contribution in [2.45, 2.75) is 53.5 Å². The summed E-state index contributed by atoms with van der Waals surface area (Å²) in [5.41, 5.74) is 0. The van der Waals surface area contributed by atoms with Crippen LogP contribution in [0.15, 0.2) is 0 Å². The van der Waals surface area contributed by atoms with E-state index in [2.05, 4.69) is 0 Å². The number of carboxylic acid groups (broad SMARTS) is 2. The van der Waals surface area contributed by atoms with Crippen molar-refractivity contribution in [3.05, 3.63) is 0 Å². The lowest BCUT2D eigenvalue weighted by Crippen LogP contribution is -2.52. The van der Waals surface area contributed by atoms with E-state index in [0.717, 1.165) is 0 Å². The Hall–Kier alpha value is -1.59. The standard InChI is InChI=1S/C15H27NO5/c1-6-11(7-2)13(17)16(8-10(5)14(18)19)12(9(3)4)15(20)21/h9-12H,6-8H2,1-5H3,(H,18,19)(H,20,21). The zero-order valence-corrected chi connectivity index (χ0v) is 13.5. The molecule has 0 aromatic carbocycles. The maximum atomic E-state index is 12.6. The fraction of sp³-hybridized carbons (Fsp3) is 0.800. The molecule has 6 nitrogen and oxygen atoms in total. The minimum atomic E-state index is -1.10. The van der Waals surface area contributed by atoms with Crippen LogP contribution in [0.1, 0.15) is 47.5 Å². The predicted molar refractivity (Wildman–Crippen MR) is 78.8 cm³/mol. The third kappa shape index (κ3) is 5.36. The molecular formula is C15H27NO5. The Bertz CT molecular complexity index is 376. The molecule has 2 atom stereocenters. The third-order valence-electron chi connectivity index (χ3n) is 3.73. The van der Waals surface area contributed by atoms with Crippen LogP contribution in [0.2, 0.25) is 0 Å². The van der Waals surface area contributed by atoms with Crippen LogP contribution in [0.4, 0.5) is 0 Å². The molecule has 2 unspecified atom stereocenters. The minimum Gasteiger partial charge on any atom is -0.481 e. The van der Waals surface area contributed by atoms with E-state index in [9.17, 15) is 19.5 Å². The summed E-state index contributed by atoms with van der Waals surface area (Å²) in [6, 6.07) is -1.00. The monoisotopic (exact) mass is 301 g/mol. The van der Waals surface area contributed by atoms with Gasteiger partial charge in [-0.05, 0) is 18.8 Å². The van der Waals surface area contributed by atoms with E-state index in [1.165, 1.54) is 11.8 Å². The molecule has 0 bridgehead atoms. The number of nitrogens with zero attached hydrogens (tertiary/aromatic N) is 1. The van der Waals surface area contributed by atoms with Crippen molar-refractivity contribution in [2.24, 2.45) is 17.8 Å². The first-order valence-electron chi connectivity index (χ1n) is 7.43. The fourth-order valence-corrected chi connectivity index (χ4v) is 2.36. The number of hydrogen-bond acceptors (Lipinski definition) is 3. The molecule has 0 fully saturated rings. The second-order valence-corrected chi connectivity index (χ2v) is 5.77.